The lowest BCUT2D eigenvalue weighted by Crippen LogP contribution is -2.29. The Bertz CT molecular complexity index is 768. The molecule has 2 heterocycles. The number of benzene rings is 1. The summed E-state index contributed by atoms with van der Waals surface area (Å²) in [5, 5.41) is 12.9. The Hall–Kier alpha value is -2.22. The van der Waals surface area contributed by atoms with Gasteiger partial charge in [0.05, 0.1) is 6.42 Å². The van der Waals surface area contributed by atoms with Gasteiger partial charge in [0.2, 0.25) is 5.91 Å². The lowest BCUT2D eigenvalue weighted by Gasteiger charge is -2.14. The highest BCUT2D eigenvalue weighted by Crippen LogP contribution is 2.18. The van der Waals surface area contributed by atoms with E-state index >= 15 is 0 Å². The lowest BCUT2D eigenvalue weighted by molar-refractivity contribution is -0.115. The second kappa shape index (κ2) is 7.12. The third-order valence-corrected chi connectivity index (χ3v) is 4.55. The Morgan fingerprint density at radius 1 is 1.29 bits per heavy atom. The molecule has 1 aromatic carbocycles. The highest BCUT2D eigenvalue weighted by atomic mass is 79.9. The lowest BCUT2D eigenvalue weighted by atomic mass is 10.1. The maximum Gasteiger partial charge on any atom is 0.278 e. The van der Waals surface area contributed by atoms with E-state index in [1.54, 1.807) is 4.90 Å². The van der Waals surface area contributed by atoms with Crippen LogP contribution in [0.15, 0.2) is 22.7 Å². The minimum atomic E-state index is -0.232. The summed E-state index contributed by atoms with van der Waals surface area (Å²) < 4.78 is 0.971. The molecule has 0 bridgehead atoms. The van der Waals surface area contributed by atoms with E-state index < -0.39 is 0 Å². The van der Waals surface area contributed by atoms with E-state index in [0.717, 1.165) is 41.5 Å². The average Bonchev–Trinajstić information content (AvgIpc) is 3.21. The number of nitrogens with zero attached hydrogens (tertiary/aromatic N) is 3. The first-order chi connectivity index (χ1) is 11.5. The predicted molar refractivity (Wildman–Crippen MR) is 92.7 cm³/mol. The van der Waals surface area contributed by atoms with Gasteiger partial charge in [-0.15, -0.1) is 10.2 Å². The molecule has 1 saturated heterocycles. The fourth-order valence-electron chi connectivity index (χ4n) is 2.74. The van der Waals surface area contributed by atoms with Crippen LogP contribution in [0.2, 0.25) is 0 Å². The van der Waals surface area contributed by atoms with Crippen LogP contribution in [0.5, 0.6) is 0 Å². The molecule has 1 fully saturated rings. The van der Waals surface area contributed by atoms with Crippen molar-refractivity contribution in [3.8, 4) is 0 Å². The SMILES string of the molecule is Cc1cc(Br)ccc1CC(=O)Nc1n[nH]nc1C(=O)N1CCCC1. The van der Waals surface area contributed by atoms with Crippen molar-refractivity contribution >= 4 is 33.6 Å². The first-order valence-electron chi connectivity index (χ1n) is 7.79. The summed E-state index contributed by atoms with van der Waals surface area (Å²) in [6.07, 6.45) is 2.20. The summed E-state index contributed by atoms with van der Waals surface area (Å²) in [4.78, 5) is 26.4. The monoisotopic (exact) mass is 391 g/mol. The second-order valence-electron chi connectivity index (χ2n) is 5.82. The number of rotatable bonds is 4. The van der Waals surface area contributed by atoms with Crippen LogP contribution in [0, 0.1) is 6.92 Å². The number of likely N-dealkylation sites (tertiary alicyclic amines) is 1. The van der Waals surface area contributed by atoms with E-state index in [1.807, 2.05) is 25.1 Å². The number of hydrogen-bond donors (Lipinski definition) is 2. The highest BCUT2D eigenvalue weighted by molar-refractivity contribution is 9.10. The van der Waals surface area contributed by atoms with Crippen molar-refractivity contribution in [2.24, 2.45) is 0 Å². The van der Waals surface area contributed by atoms with Gasteiger partial charge in [-0.2, -0.15) is 5.21 Å². The van der Waals surface area contributed by atoms with E-state index in [0.29, 0.717) is 0 Å². The number of halogens is 1. The molecule has 0 spiro atoms. The molecule has 1 aliphatic heterocycles. The number of amides is 2. The molecular formula is C16H18BrN5O2. The van der Waals surface area contributed by atoms with Crippen LogP contribution in [-0.2, 0) is 11.2 Å². The van der Waals surface area contributed by atoms with Crippen molar-refractivity contribution < 1.29 is 9.59 Å². The number of aryl methyl sites for hydroxylation is 1. The molecular weight excluding hydrogens is 374 g/mol. The van der Waals surface area contributed by atoms with E-state index in [-0.39, 0.29) is 29.7 Å². The summed E-state index contributed by atoms with van der Waals surface area (Å²) >= 11 is 3.40. The van der Waals surface area contributed by atoms with Gasteiger partial charge in [-0.1, -0.05) is 22.0 Å². The molecule has 2 N–H and O–H groups in total. The zero-order chi connectivity index (χ0) is 17.1. The molecule has 0 atom stereocenters. The molecule has 7 nitrogen and oxygen atoms in total. The normalized spacial score (nSPS) is 14.0. The summed E-state index contributed by atoms with van der Waals surface area (Å²) in [6.45, 7) is 3.39. The quantitative estimate of drug-likeness (QED) is 0.836. The molecule has 0 radical (unpaired) electrons. The molecule has 8 heteroatoms. The molecule has 1 aliphatic rings. The number of hydrogen-bond acceptors (Lipinski definition) is 4. The summed E-state index contributed by atoms with van der Waals surface area (Å²) in [5.41, 5.74) is 2.11. The van der Waals surface area contributed by atoms with Crippen LogP contribution in [0.3, 0.4) is 0 Å². The number of carbonyl (C=O) groups is 2. The van der Waals surface area contributed by atoms with Gasteiger partial charge in [0.25, 0.3) is 5.91 Å². The zero-order valence-electron chi connectivity index (χ0n) is 13.3. The molecule has 3 rings (SSSR count). The Morgan fingerprint density at radius 2 is 2.04 bits per heavy atom. The minimum Gasteiger partial charge on any atom is -0.337 e. The Balaban J connectivity index is 1.69. The third-order valence-electron chi connectivity index (χ3n) is 4.06. The maximum absolute atomic E-state index is 12.4. The van der Waals surface area contributed by atoms with Crippen molar-refractivity contribution in [1.29, 1.82) is 0 Å². The van der Waals surface area contributed by atoms with Crippen LogP contribution in [-0.4, -0.2) is 45.2 Å². The fourth-order valence-corrected chi connectivity index (χ4v) is 3.22. The predicted octanol–water partition coefficient (Wildman–Crippen LogP) is 2.29. The average molecular weight is 392 g/mol. The smallest absolute Gasteiger partial charge is 0.278 e. The first-order valence-corrected chi connectivity index (χ1v) is 8.59. The molecule has 24 heavy (non-hydrogen) atoms. The van der Waals surface area contributed by atoms with Crippen LogP contribution >= 0.6 is 15.9 Å². The maximum atomic E-state index is 12.4. The third kappa shape index (κ3) is 3.64. The number of nitrogens with one attached hydrogen (secondary N) is 2. The van der Waals surface area contributed by atoms with Gasteiger partial charge < -0.3 is 10.2 Å². The van der Waals surface area contributed by atoms with Crippen molar-refractivity contribution in [3.63, 3.8) is 0 Å². The molecule has 126 valence electrons. The molecule has 0 saturated carbocycles. The molecule has 2 amide bonds. The van der Waals surface area contributed by atoms with Crippen molar-refractivity contribution in [3.05, 3.63) is 39.5 Å². The number of aromatic amines is 1. The fraction of sp³-hybridized carbons (Fsp3) is 0.375. The molecule has 0 unspecified atom stereocenters. The van der Waals surface area contributed by atoms with Crippen LogP contribution in [0.25, 0.3) is 0 Å². The first kappa shape index (κ1) is 16.6. The Morgan fingerprint density at radius 3 is 2.75 bits per heavy atom. The van der Waals surface area contributed by atoms with Gasteiger partial charge in [0, 0.05) is 17.6 Å². The number of H-pyrrole nitrogens is 1. The van der Waals surface area contributed by atoms with E-state index in [4.69, 9.17) is 0 Å². The number of aromatic nitrogens is 3. The Kier molecular flexibility index (Phi) is 4.94. The van der Waals surface area contributed by atoms with Crippen molar-refractivity contribution in [2.75, 3.05) is 18.4 Å². The standard InChI is InChI=1S/C16H18BrN5O2/c1-10-8-12(17)5-4-11(10)9-13(23)18-15-14(19-21-20-15)16(24)22-6-2-3-7-22/h4-5,8H,2-3,6-7,9H2,1H3,(H2,18,19,20,21,23). The van der Waals surface area contributed by atoms with Crippen molar-refractivity contribution in [2.45, 2.75) is 26.2 Å². The van der Waals surface area contributed by atoms with Gasteiger partial charge >= 0.3 is 0 Å². The second-order valence-corrected chi connectivity index (χ2v) is 6.73. The Labute approximate surface area is 147 Å². The van der Waals surface area contributed by atoms with Crippen LogP contribution in [0.4, 0.5) is 5.82 Å². The van der Waals surface area contributed by atoms with E-state index in [9.17, 15) is 9.59 Å². The van der Waals surface area contributed by atoms with Gasteiger partial charge in [-0.05, 0) is 43.0 Å². The van der Waals surface area contributed by atoms with Crippen LogP contribution < -0.4 is 5.32 Å². The molecule has 1 aromatic heterocycles. The summed E-state index contributed by atoms with van der Waals surface area (Å²) in [7, 11) is 0. The zero-order valence-corrected chi connectivity index (χ0v) is 14.9. The van der Waals surface area contributed by atoms with Crippen molar-refractivity contribution in [1.82, 2.24) is 20.3 Å². The van der Waals surface area contributed by atoms with E-state index in [1.165, 1.54) is 0 Å². The number of anilines is 1. The van der Waals surface area contributed by atoms with Crippen LogP contribution in [0.1, 0.15) is 34.5 Å². The number of carbonyl (C=O) groups excluding carboxylic acids is 2. The topological polar surface area (TPSA) is 91.0 Å². The van der Waals surface area contributed by atoms with Gasteiger partial charge in [0.15, 0.2) is 11.5 Å². The summed E-state index contributed by atoms with van der Waals surface area (Å²) in [6, 6.07) is 5.76. The van der Waals surface area contributed by atoms with E-state index in [2.05, 4.69) is 36.7 Å². The van der Waals surface area contributed by atoms with Gasteiger partial charge in [-0.3, -0.25) is 9.59 Å². The summed E-state index contributed by atoms with van der Waals surface area (Å²) in [5.74, 6) is -0.243. The van der Waals surface area contributed by atoms with Gasteiger partial charge in [0.1, 0.15) is 0 Å². The highest BCUT2D eigenvalue weighted by Gasteiger charge is 2.25. The molecule has 0 aliphatic carbocycles. The van der Waals surface area contributed by atoms with Gasteiger partial charge in [-0.25, -0.2) is 0 Å². The minimum absolute atomic E-state index is 0.165. The molecule has 2 aromatic rings. The largest absolute Gasteiger partial charge is 0.337 e.